The Bertz CT molecular complexity index is 274. The number of aryl methyl sites for hydroxylation is 1. The van der Waals surface area contributed by atoms with Crippen molar-refractivity contribution in [1.82, 2.24) is 10.3 Å². The molecule has 0 atom stereocenters. The zero-order valence-electron chi connectivity index (χ0n) is 8.89. The number of nitrogens with one attached hydrogen (secondary N) is 1. The summed E-state index contributed by atoms with van der Waals surface area (Å²) in [4.78, 5) is 4.41. The van der Waals surface area contributed by atoms with E-state index in [2.05, 4.69) is 31.1 Å². The molecule has 72 valence electrons. The Morgan fingerprint density at radius 1 is 1.31 bits per heavy atom. The highest BCUT2D eigenvalue weighted by molar-refractivity contribution is 5.09. The molecule has 0 radical (unpaired) electrons. The Morgan fingerprint density at radius 2 is 2.00 bits per heavy atom. The Labute approximate surface area is 80.4 Å². The molecule has 1 rings (SSSR count). The van der Waals surface area contributed by atoms with E-state index in [1.807, 2.05) is 25.1 Å². The van der Waals surface area contributed by atoms with Gasteiger partial charge in [-0.15, -0.1) is 0 Å². The third-order valence-corrected chi connectivity index (χ3v) is 1.75. The van der Waals surface area contributed by atoms with Crippen LogP contribution in [-0.4, -0.2) is 10.5 Å². The molecule has 1 N–H and O–H groups in total. The van der Waals surface area contributed by atoms with Crippen LogP contribution in [0, 0.1) is 6.92 Å². The maximum absolute atomic E-state index is 4.41. The molecule has 2 heteroatoms. The van der Waals surface area contributed by atoms with E-state index in [1.54, 1.807) is 0 Å². The maximum atomic E-state index is 4.41. The average Bonchev–Trinajstić information content (AvgIpc) is 2.00. The third kappa shape index (κ3) is 4.04. The van der Waals surface area contributed by atoms with Crippen molar-refractivity contribution < 1.29 is 0 Å². The van der Waals surface area contributed by atoms with Crippen LogP contribution in [0.3, 0.4) is 0 Å². The van der Waals surface area contributed by atoms with Crippen molar-refractivity contribution in [2.45, 2.75) is 39.8 Å². The normalized spacial score (nSPS) is 11.7. The molecule has 0 saturated heterocycles. The summed E-state index contributed by atoms with van der Waals surface area (Å²) in [6.45, 7) is 9.32. The van der Waals surface area contributed by atoms with E-state index in [9.17, 15) is 0 Å². The summed E-state index contributed by atoms with van der Waals surface area (Å²) in [5, 5.41) is 3.40. The second-order valence-corrected chi connectivity index (χ2v) is 4.37. The largest absolute Gasteiger partial charge is 0.306 e. The van der Waals surface area contributed by atoms with Crippen LogP contribution in [0.25, 0.3) is 0 Å². The van der Waals surface area contributed by atoms with Gasteiger partial charge in [0.1, 0.15) is 0 Å². The van der Waals surface area contributed by atoms with Crippen LogP contribution in [0.4, 0.5) is 0 Å². The Morgan fingerprint density at radius 3 is 2.54 bits per heavy atom. The summed E-state index contributed by atoms with van der Waals surface area (Å²) in [6.07, 6.45) is 0. The molecule has 1 aromatic rings. The van der Waals surface area contributed by atoms with Crippen LogP contribution >= 0.6 is 0 Å². The first-order valence-electron chi connectivity index (χ1n) is 4.65. The second kappa shape index (κ2) is 3.88. The molecule has 0 bridgehead atoms. The van der Waals surface area contributed by atoms with Crippen LogP contribution in [0.2, 0.25) is 0 Å². The lowest BCUT2D eigenvalue weighted by Crippen LogP contribution is -2.35. The third-order valence-electron chi connectivity index (χ3n) is 1.75. The number of nitrogens with zero attached hydrogens (tertiary/aromatic N) is 1. The van der Waals surface area contributed by atoms with Gasteiger partial charge in [0.15, 0.2) is 0 Å². The fourth-order valence-corrected chi connectivity index (χ4v) is 1.05. The molecule has 0 unspecified atom stereocenters. The van der Waals surface area contributed by atoms with Crippen molar-refractivity contribution in [2.24, 2.45) is 0 Å². The van der Waals surface area contributed by atoms with Crippen LogP contribution in [-0.2, 0) is 6.54 Å². The molecular formula is C11H18N2. The molecule has 0 spiro atoms. The fraction of sp³-hybridized carbons (Fsp3) is 0.545. The zero-order valence-corrected chi connectivity index (χ0v) is 8.89. The first-order valence-corrected chi connectivity index (χ1v) is 4.65. The Kier molecular flexibility index (Phi) is 3.04. The summed E-state index contributed by atoms with van der Waals surface area (Å²) in [5.41, 5.74) is 2.34. The minimum atomic E-state index is 0.158. The molecule has 0 saturated carbocycles. The van der Waals surface area contributed by atoms with E-state index in [1.165, 1.54) is 0 Å². The van der Waals surface area contributed by atoms with Gasteiger partial charge in [-0.3, -0.25) is 4.98 Å². The van der Waals surface area contributed by atoms with E-state index in [4.69, 9.17) is 0 Å². The van der Waals surface area contributed by atoms with Crippen molar-refractivity contribution in [3.05, 3.63) is 29.6 Å². The van der Waals surface area contributed by atoms with E-state index < -0.39 is 0 Å². The Balaban J connectivity index is 2.55. The SMILES string of the molecule is Cc1cccc(CNC(C)(C)C)n1. The van der Waals surface area contributed by atoms with Crippen molar-refractivity contribution in [3.63, 3.8) is 0 Å². The lowest BCUT2D eigenvalue weighted by Gasteiger charge is -2.20. The van der Waals surface area contributed by atoms with E-state index in [0.29, 0.717) is 0 Å². The molecule has 2 nitrogen and oxygen atoms in total. The van der Waals surface area contributed by atoms with Gasteiger partial charge in [0.2, 0.25) is 0 Å². The minimum absolute atomic E-state index is 0.158. The summed E-state index contributed by atoms with van der Waals surface area (Å²) in [7, 11) is 0. The Hall–Kier alpha value is -0.890. The van der Waals surface area contributed by atoms with E-state index in [-0.39, 0.29) is 5.54 Å². The van der Waals surface area contributed by atoms with Crippen LogP contribution in [0.5, 0.6) is 0 Å². The molecule has 13 heavy (non-hydrogen) atoms. The summed E-state index contributed by atoms with van der Waals surface area (Å²) in [6, 6.07) is 6.11. The van der Waals surface area contributed by atoms with E-state index in [0.717, 1.165) is 17.9 Å². The van der Waals surface area contributed by atoms with Crippen molar-refractivity contribution >= 4 is 0 Å². The van der Waals surface area contributed by atoms with Gasteiger partial charge >= 0.3 is 0 Å². The van der Waals surface area contributed by atoms with Gasteiger partial charge in [-0.2, -0.15) is 0 Å². The van der Waals surface area contributed by atoms with Gasteiger partial charge in [0.05, 0.1) is 5.69 Å². The fourth-order valence-electron chi connectivity index (χ4n) is 1.05. The number of pyridine rings is 1. The predicted molar refractivity (Wildman–Crippen MR) is 55.6 cm³/mol. The smallest absolute Gasteiger partial charge is 0.0545 e. The maximum Gasteiger partial charge on any atom is 0.0545 e. The first kappa shape index (κ1) is 10.2. The second-order valence-electron chi connectivity index (χ2n) is 4.37. The molecule has 0 aliphatic rings. The molecular weight excluding hydrogens is 160 g/mol. The minimum Gasteiger partial charge on any atom is -0.306 e. The lowest BCUT2D eigenvalue weighted by molar-refractivity contribution is 0.421. The monoisotopic (exact) mass is 178 g/mol. The van der Waals surface area contributed by atoms with Gasteiger partial charge in [0.25, 0.3) is 0 Å². The van der Waals surface area contributed by atoms with Gasteiger partial charge in [-0.25, -0.2) is 0 Å². The van der Waals surface area contributed by atoms with Crippen molar-refractivity contribution in [1.29, 1.82) is 0 Å². The highest BCUT2D eigenvalue weighted by Crippen LogP contribution is 2.02. The topological polar surface area (TPSA) is 24.9 Å². The number of rotatable bonds is 2. The molecule has 0 aromatic carbocycles. The molecule has 0 amide bonds. The van der Waals surface area contributed by atoms with Crippen LogP contribution < -0.4 is 5.32 Å². The van der Waals surface area contributed by atoms with Gasteiger partial charge in [-0.05, 0) is 39.8 Å². The standard InChI is InChI=1S/C11H18N2/c1-9-6-5-7-10(13-9)8-12-11(2,3)4/h5-7,12H,8H2,1-4H3. The van der Waals surface area contributed by atoms with Crippen molar-refractivity contribution in [3.8, 4) is 0 Å². The molecule has 0 aliphatic heterocycles. The summed E-state index contributed by atoms with van der Waals surface area (Å²) < 4.78 is 0. The number of aromatic nitrogens is 1. The van der Waals surface area contributed by atoms with Crippen LogP contribution in [0.1, 0.15) is 32.2 Å². The zero-order chi connectivity index (χ0) is 9.90. The van der Waals surface area contributed by atoms with Crippen molar-refractivity contribution in [2.75, 3.05) is 0 Å². The highest BCUT2D eigenvalue weighted by Gasteiger charge is 2.08. The number of hydrogen-bond donors (Lipinski definition) is 1. The number of hydrogen-bond acceptors (Lipinski definition) is 2. The quantitative estimate of drug-likeness (QED) is 0.751. The molecule has 1 aromatic heterocycles. The molecule has 0 fully saturated rings. The highest BCUT2D eigenvalue weighted by atomic mass is 15.0. The predicted octanol–water partition coefficient (Wildman–Crippen LogP) is 2.28. The van der Waals surface area contributed by atoms with Gasteiger partial charge in [0, 0.05) is 17.8 Å². The van der Waals surface area contributed by atoms with Gasteiger partial charge in [-0.1, -0.05) is 6.07 Å². The molecule has 0 aliphatic carbocycles. The average molecular weight is 178 g/mol. The van der Waals surface area contributed by atoms with Crippen LogP contribution in [0.15, 0.2) is 18.2 Å². The lowest BCUT2D eigenvalue weighted by atomic mass is 10.1. The summed E-state index contributed by atoms with van der Waals surface area (Å²) >= 11 is 0. The first-order chi connectivity index (χ1) is 5.97. The summed E-state index contributed by atoms with van der Waals surface area (Å²) in [5.74, 6) is 0. The van der Waals surface area contributed by atoms with E-state index >= 15 is 0 Å². The molecule has 1 heterocycles. The van der Waals surface area contributed by atoms with Gasteiger partial charge < -0.3 is 5.32 Å².